The van der Waals surface area contributed by atoms with Crippen LogP contribution in [0.3, 0.4) is 0 Å². The highest BCUT2D eigenvalue weighted by Gasteiger charge is 2.17. The maximum atomic E-state index is 12.0. The Morgan fingerprint density at radius 2 is 1.86 bits per heavy atom. The summed E-state index contributed by atoms with van der Waals surface area (Å²) in [5.41, 5.74) is 0.884. The van der Waals surface area contributed by atoms with Crippen LogP contribution < -0.4 is 5.32 Å². The van der Waals surface area contributed by atoms with Gasteiger partial charge in [-0.15, -0.1) is 0 Å². The Hall–Kier alpha value is -1.05. The van der Waals surface area contributed by atoms with E-state index in [0.29, 0.717) is 6.42 Å². The number of amides is 1. The van der Waals surface area contributed by atoms with Crippen LogP contribution in [0.25, 0.3) is 0 Å². The quantitative estimate of drug-likeness (QED) is 0.735. The Morgan fingerprint density at radius 1 is 1.27 bits per heavy atom. The van der Waals surface area contributed by atoms with Gasteiger partial charge >= 0.3 is 0 Å². The Bertz CT molecular complexity index is 583. The van der Waals surface area contributed by atoms with Crippen molar-refractivity contribution in [2.75, 3.05) is 25.6 Å². The van der Waals surface area contributed by atoms with E-state index in [-0.39, 0.29) is 16.8 Å². The molecule has 0 aliphatic rings. The van der Waals surface area contributed by atoms with E-state index in [1.54, 1.807) is 36.0 Å². The number of benzene rings is 1. The summed E-state index contributed by atoms with van der Waals surface area (Å²) < 4.78 is 25.2. The fourth-order valence-corrected chi connectivity index (χ4v) is 3.37. The van der Waals surface area contributed by atoms with Crippen LogP contribution in [0.5, 0.6) is 0 Å². The molecule has 0 saturated heterocycles. The molecule has 0 fully saturated rings. The number of hydrogen-bond donors (Lipinski definition) is 1. The predicted molar refractivity (Wildman–Crippen MR) is 91.5 cm³/mol. The molecule has 0 spiro atoms. The van der Waals surface area contributed by atoms with Crippen LogP contribution in [0, 0.1) is 0 Å². The van der Waals surface area contributed by atoms with Crippen LogP contribution in [0.2, 0.25) is 0 Å². The summed E-state index contributed by atoms with van der Waals surface area (Å²) in [4.78, 5) is 12.0. The standard InChI is InChI=1S/C15H24N2O3S2/c1-5-21-11-10-15(18)16-12(2)13-6-8-14(9-7-13)22(19,20)17(3)4/h6-9,12H,5,10-11H2,1-4H3,(H,16,18). The largest absolute Gasteiger partial charge is 0.350 e. The molecule has 5 nitrogen and oxygen atoms in total. The summed E-state index contributed by atoms with van der Waals surface area (Å²) in [5.74, 6) is 1.83. The van der Waals surface area contributed by atoms with Gasteiger partial charge in [0.25, 0.3) is 0 Å². The summed E-state index contributed by atoms with van der Waals surface area (Å²) >= 11 is 1.73. The van der Waals surface area contributed by atoms with Crippen molar-refractivity contribution in [2.24, 2.45) is 0 Å². The SMILES string of the molecule is CCSCCC(=O)NC(C)c1ccc(S(=O)(=O)N(C)C)cc1. The van der Waals surface area contributed by atoms with Crippen molar-refractivity contribution in [1.29, 1.82) is 0 Å². The van der Waals surface area contributed by atoms with Crippen molar-refractivity contribution in [3.05, 3.63) is 29.8 Å². The molecular formula is C15H24N2O3S2. The minimum Gasteiger partial charge on any atom is -0.350 e. The van der Waals surface area contributed by atoms with Gasteiger partial charge in [-0.1, -0.05) is 19.1 Å². The van der Waals surface area contributed by atoms with Gasteiger partial charge in [-0.2, -0.15) is 11.8 Å². The molecule has 1 N–H and O–H groups in total. The number of hydrogen-bond acceptors (Lipinski definition) is 4. The molecule has 0 aliphatic carbocycles. The van der Waals surface area contributed by atoms with Gasteiger partial charge < -0.3 is 5.32 Å². The third-order valence-electron chi connectivity index (χ3n) is 3.21. The molecule has 1 amide bonds. The topological polar surface area (TPSA) is 66.5 Å². The minimum atomic E-state index is -3.41. The lowest BCUT2D eigenvalue weighted by Crippen LogP contribution is -2.27. The number of carbonyl (C=O) groups is 1. The van der Waals surface area contributed by atoms with E-state index in [4.69, 9.17) is 0 Å². The highest BCUT2D eigenvalue weighted by molar-refractivity contribution is 7.99. The maximum absolute atomic E-state index is 12.0. The Labute approximate surface area is 137 Å². The number of carbonyl (C=O) groups excluding carboxylic acids is 1. The molecule has 0 aromatic heterocycles. The third kappa shape index (κ3) is 5.30. The molecule has 22 heavy (non-hydrogen) atoms. The van der Waals surface area contributed by atoms with Crippen molar-refractivity contribution in [1.82, 2.24) is 9.62 Å². The van der Waals surface area contributed by atoms with Crippen molar-refractivity contribution in [2.45, 2.75) is 31.2 Å². The second kappa shape index (κ2) is 8.55. The number of nitrogens with zero attached hydrogens (tertiary/aromatic N) is 1. The van der Waals surface area contributed by atoms with Crippen molar-refractivity contribution >= 4 is 27.7 Å². The van der Waals surface area contributed by atoms with Crippen molar-refractivity contribution in [3.63, 3.8) is 0 Å². The fraction of sp³-hybridized carbons (Fsp3) is 0.533. The summed E-state index contributed by atoms with van der Waals surface area (Å²) in [5, 5.41) is 2.92. The van der Waals surface area contributed by atoms with E-state index in [9.17, 15) is 13.2 Å². The monoisotopic (exact) mass is 344 g/mol. The van der Waals surface area contributed by atoms with E-state index in [1.165, 1.54) is 18.4 Å². The zero-order chi connectivity index (χ0) is 16.8. The summed E-state index contributed by atoms with van der Waals surface area (Å²) in [6, 6.07) is 6.47. The highest BCUT2D eigenvalue weighted by atomic mass is 32.2. The van der Waals surface area contributed by atoms with Gasteiger partial charge in [-0.05, 0) is 30.4 Å². The fourth-order valence-electron chi connectivity index (χ4n) is 1.85. The van der Waals surface area contributed by atoms with E-state index in [2.05, 4.69) is 12.2 Å². The molecule has 0 heterocycles. The average Bonchev–Trinajstić information content (AvgIpc) is 2.47. The van der Waals surface area contributed by atoms with E-state index >= 15 is 0 Å². The minimum absolute atomic E-state index is 0.0124. The van der Waals surface area contributed by atoms with Crippen molar-refractivity contribution in [3.8, 4) is 0 Å². The lowest BCUT2D eigenvalue weighted by molar-refractivity contribution is -0.121. The average molecular weight is 345 g/mol. The van der Waals surface area contributed by atoms with Crippen molar-refractivity contribution < 1.29 is 13.2 Å². The predicted octanol–water partition coefficient (Wildman–Crippen LogP) is 2.26. The third-order valence-corrected chi connectivity index (χ3v) is 5.94. The summed E-state index contributed by atoms with van der Waals surface area (Å²) in [6.45, 7) is 3.95. The molecule has 1 aromatic carbocycles. The molecule has 1 rings (SSSR count). The molecule has 0 bridgehead atoms. The number of thioether (sulfide) groups is 1. The Kier molecular flexibility index (Phi) is 7.38. The lowest BCUT2D eigenvalue weighted by atomic mass is 10.1. The zero-order valence-electron chi connectivity index (χ0n) is 13.5. The van der Waals surface area contributed by atoms with Crippen LogP contribution in [0.1, 0.15) is 31.9 Å². The molecule has 0 saturated carbocycles. The first kappa shape index (κ1) is 19.0. The van der Waals surface area contributed by atoms with Gasteiger partial charge in [0.05, 0.1) is 10.9 Å². The molecule has 124 valence electrons. The smallest absolute Gasteiger partial charge is 0.242 e. The van der Waals surface area contributed by atoms with Gasteiger partial charge in [0, 0.05) is 26.3 Å². The molecule has 0 aliphatic heterocycles. The van der Waals surface area contributed by atoms with Crippen LogP contribution in [0.15, 0.2) is 29.2 Å². The molecule has 1 atom stereocenters. The first-order valence-corrected chi connectivity index (χ1v) is 9.78. The van der Waals surface area contributed by atoms with Gasteiger partial charge in [0.2, 0.25) is 15.9 Å². The van der Waals surface area contributed by atoms with Crippen LogP contribution >= 0.6 is 11.8 Å². The van der Waals surface area contributed by atoms with Gasteiger partial charge in [-0.25, -0.2) is 12.7 Å². The van der Waals surface area contributed by atoms with Gasteiger partial charge in [0.15, 0.2) is 0 Å². The summed E-state index contributed by atoms with van der Waals surface area (Å²) in [6.07, 6.45) is 0.496. The molecular weight excluding hydrogens is 320 g/mol. The number of rotatable bonds is 8. The first-order chi connectivity index (χ1) is 10.3. The molecule has 0 radical (unpaired) electrons. The molecule has 7 heteroatoms. The van der Waals surface area contributed by atoms with Crippen LogP contribution in [0.4, 0.5) is 0 Å². The van der Waals surface area contributed by atoms with Crippen LogP contribution in [-0.2, 0) is 14.8 Å². The van der Waals surface area contributed by atoms with Gasteiger partial charge in [0.1, 0.15) is 0 Å². The zero-order valence-corrected chi connectivity index (χ0v) is 15.1. The van der Waals surface area contributed by atoms with Crippen LogP contribution in [-0.4, -0.2) is 44.2 Å². The lowest BCUT2D eigenvalue weighted by Gasteiger charge is -2.16. The second-order valence-electron chi connectivity index (χ2n) is 5.09. The molecule has 1 unspecified atom stereocenters. The number of sulfonamides is 1. The summed E-state index contributed by atoms with van der Waals surface area (Å²) in [7, 11) is -0.413. The molecule has 1 aromatic rings. The maximum Gasteiger partial charge on any atom is 0.242 e. The number of nitrogens with one attached hydrogen (secondary N) is 1. The Morgan fingerprint density at radius 3 is 2.36 bits per heavy atom. The van der Waals surface area contributed by atoms with Gasteiger partial charge in [-0.3, -0.25) is 4.79 Å². The van der Waals surface area contributed by atoms with E-state index in [1.807, 2.05) is 6.92 Å². The highest BCUT2D eigenvalue weighted by Crippen LogP contribution is 2.18. The van der Waals surface area contributed by atoms with E-state index in [0.717, 1.165) is 17.1 Å². The second-order valence-corrected chi connectivity index (χ2v) is 8.64. The normalized spacial score (nSPS) is 13.1. The van der Waals surface area contributed by atoms with E-state index < -0.39 is 10.0 Å². The first-order valence-electron chi connectivity index (χ1n) is 7.18. The Balaban J connectivity index is 2.68.